The lowest BCUT2D eigenvalue weighted by Crippen LogP contribution is -2.40. The van der Waals surface area contributed by atoms with Crippen LogP contribution in [0.5, 0.6) is 0 Å². The first-order chi connectivity index (χ1) is 11.7. The Morgan fingerprint density at radius 1 is 1.42 bits per heavy atom. The van der Waals surface area contributed by atoms with Gasteiger partial charge in [-0.2, -0.15) is 0 Å². The van der Waals surface area contributed by atoms with Crippen LogP contribution in [0.1, 0.15) is 32.4 Å². The van der Waals surface area contributed by atoms with E-state index in [2.05, 4.69) is 40.7 Å². The highest BCUT2D eigenvalue weighted by atomic mass is 16.5. The van der Waals surface area contributed by atoms with Gasteiger partial charge in [-0.25, -0.2) is 4.98 Å². The van der Waals surface area contributed by atoms with Crippen molar-refractivity contribution in [2.45, 2.75) is 38.7 Å². The molecule has 0 radical (unpaired) electrons. The van der Waals surface area contributed by atoms with Crippen molar-refractivity contribution in [3.05, 3.63) is 36.3 Å². The highest BCUT2D eigenvalue weighted by molar-refractivity contribution is 5.79. The lowest BCUT2D eigenvalue weighted by Gasteiger charge is -2.21. The Morgan fingerprint density at radius 3 is 3.08 bits per heavy atom. The van der Waals surface area contributed by atoms with E-state index in [-0.39, 0.29) is 5.60 Å². The van der Waals surface area contributed by atoms with Crippen LogP contribution in [0.25, 0.3) is 5.65 Å². The lowest BCUT2D eigenvalue weighted by molar-refractivity contribution is 0.0283. The zero-order valence-corrected chi connectivity index (χ0v) is 14.6. The summed E-state index contributed by atoms with van der Waals surface area (Å²) in [4.78, 5) is 9.30. The standard InChI is InChI=1S/C18H27N5O/c1-3-19-17(21-14-18(2)9-6-12-24-18)20-10-8-15-13-23-11-5-4-7-16(23)22-15/h4-5,7,11,13H,3,6,8-10,12,14H2,1-2H3,(H2,19,20,21). The molecule has 1 fully saturated rings. The molecule has 1 unspecified atom stereocenters. The summed E-state index contributed by atoms with van der Waals surface area (Å²) >= 11 is 0. The molecule has 24 heavy (non-hydrogen) atoms. The molecule has 0 spiro atoms. The first kappa shape index (κ1) is 16.8. The molecule has 0 amide bonds. The molecule has 1 aliphatic heterocycles. The molecule has 0 aromatic carbocycles. The van der Waals surface area contributed by atoms with Crippen molar-refractivity contribution in [2.75, 3.05) is 26.2 Å². The number of hydrogen-bond donors (Lipinski definition) is 2. The van der Waals surface area contributed by atoms with E-state index >= 15 is 0 Å². The lowest BCUT2D eigenvalue weighted by atomic mass is 10.0. The van der Waals surface area contributed by atoms with Gasteiger partial charge < -0.3 is 19.8 Å². The van der Waals surface area contributed by atoms with Crippen molar-refractivity contribution >= 4 is 11.6 Å². The molecule has 0 bridgehead atoms. The number of aromatic nitrogens is 2. The average molecular weight is 329 g/mol. The number of guanidine groups is 1. The van der Waals surface area contributed by atoms with Gasteiger partial charge in [0.1, 0.15) is 5.65 Å². The number of nitrogens with one attached hydrogen (secondary N) is 2. The number of fused-ring (bicyclic) bond motifs is 1. The summed E-state index contributed by atoms with van der Waals surface area (Å²) in [6, 6.07) is 6.04. The zero-order chi connectivity index (χ0) is 16.8. The Bertz CT molecular complexity index is 655. The van der Waals surface area contributed by atoms with E-state index in [4.69, 9.17) is 4.74 Å². The maximum Gasteiger partial charge on any atom is 0.191 e. The van der Waals surface area contributed by atoms with Crippen molar-refractivity contribution in [3.8, 4) is 0 Å². The van der Waals surface area contributed by atoms with E-state index < -0.39 is 0 Å². The first-order valence-electron chi connectivity index (χ1n) is 8.77. The Balaban J connectivity index is 1.53. The van der Waals surface area contributed by atoms with E-state index in [1.165, 1.54) is 0 Å². The van der Waals surface area contributed by atoms with Crippen molar-refractivity contribution in [2.24, 2.45) is 4.99 Å². The summed E-state index contributed by atoms with van der Waals surface area (Å²) in [7, 11) is 0. The fourth-order valence-electron chi connectivity index (χ4n) is 2.97. The van der Waals surface area contributed by atoms with Crippen molar-refractivity contribution in [1.29, 1.82) is 0 Å². The third-order valence-corrected chi connectivity index (χ3v) is 4.30. The molecule has 1 aliphatic rings. The number of nitrogens with zero attached hydrogens (tertiary/aromatic N) is 3. The largest absolute Gasteiger partial charge is 0.373 e. The molecule has 2 aromatic rings. The molecule has 6 heteroatoms. The maximum absolute atomic E-state index is 5.80. The number of aliphatic imine (C=N–C) groups is 1. The predicted molar refractivity (Wildman–Crippen MR) is 96.5 cm³/mol. The van der Waals surface area contributed by atoms with Gasteiger partial charge in [-0.3, -0.25) is 4.99 Å². The highest BCUT2D eigenvalue weighted by Gasteiger charge is 2.29. The summed E-state index contributed by atoms with van der Waals surface area (Å²) in [6.45, 7) is 7.41. The summed E-state index contributed by atoms with van der Waals surface area (Å²) in [6.07, 6.45) is 7.17. The Kier molecular flexibility index (Phi) is 5.35. The van der Waals surface area contributed by atoms with Crippen LogP contribution >= 0.6 is 0 Å². The van der Waals surface area contributed by atoms with Crippen molar-refractivity contribution in [3.63, 3.8) is 0 Å². The second kappa shape index (κ2) is 7.66. The number of ether oxygens (including phenoxy) is 1. The van der Waals surface area contributed by atoms with Crippen molar-refractivity contribution < 1.29 is 4.74 Å². The highest BCUT2D eigenvalue weighted by Crippen LogP contribution is 2.24. The fraction of sp³-hybridized carbons (Fsp3) is 0.556. The Morgan fingerprint density at radius 2 is 2.33 bits per heavy atom. The van der Waals surface area contributed by atoms with E-state index in [9.17, 15) is 0 Å². The maximum atomic E-state index is 5.80. The number of hydrogen-bond acceptors (Lipinski definition) is 3. The van der Waals surface area contributed by atoms with Gasteiger partial charge in [-0.1, -0.05) is 6.07 Å². The second-order valence-electron chi connectivity index (χ2n) is 6.47. The van der Waals surface area contributed by atoms with Crippen molar-refractivity contribution in [1.82, 2.24) is 20.0 Å². The summed E-state index contributed by atoms with van der Waals surface area (Å²) in [5.41, 5.74) is 1.96. The molecule has 6 nitrogen and oxygen atoms in total. The van der Waals surface area contributed by atoms with Crippen LogP contribution in [0.15, 0.2) is 35.6 Å². The number of imidazole rings is 1. The van der Waals surface area contributed by atoms with Gasteiger partial charge in [0.25, 0.3) is 0 Å². The molecule has 2 N–H and O–H groups in total. The van der Waals surface area contributed by atoms with Gasteiger partial charge >= 0.3 is 0 Å². The number of pyridine rings is 1. The topological polar surface area (TPSA) is 63.0 Å². The first-order valence-corrected chi connectivity index (χ1v) is 8.77. The van der Waals surface area contributed by atoms with Crippen LogP contribution in [0.2, 0.25) is 0 Å². The molecule has 0 aliphatic carbocycles. The van der Waals surface area contributed by atoms with Gasteiger partial charge in [0, 0.05) is 38.5 Å². The molecule has 3 heterocycles. The van der Waals surface area contributed by atoms with Gasteiger partial charge in [0.15, 0.2) is 5.96 Å². The SMILES string of the molecule is CCNC(=NCC1(C)CCCO1)NCCc1cn2ccccc2n1. The van der Waals surface area contributed by atoms with E-state index in [1.807, 2.05) is 28.8 Å². The minimum atomic E-state index is -0.107. The van der Waals surface area contributed by atoms with Crippen LogP contribution in [0.3, 0.4) is 0 Å². The summed E-state index contributed by atoms with van der Waals surface area (Å²) < 4.78 is 7.85. The van der Waals surface area contributed by atoms with E-state index in [0.717, 1.165) is 56.3 Å². The molecule has 130 valence electrons. The minimum absolute atomic E-state index is 0.107. The normalized spacial score (nSPS) is 21.3. The molecule has 0 saturated carbocycles. The molecule has 2 aromatic heterocycles. The van der Waals surface area contributed by atoms with Crippen LogP contribution in [0, 0.1) is 0 Å². The Hall–Kier alpha value is -2.08. The quantitative estimate of drug-likeness (QED) is 0.628. The van der Waals surface area contributed by atoms with Gasteiger partial charge in [-0.05, 0) is 38.8 Å². The van der Waals surface area contributed by atoms with Gasteiger partial charge in [0.2, 0.25) is 0 Å². The van der Waals surface area contributed by atoms with E-state index in [1.54, 1.807) is 0 Å². The van der Waals surface area contributed by atoms with Gasteiger partial charge in [-0.15, -0.1) is 0 Å². The molecular weight excluding hydrogens is 302 g/mol. The van der Waals surface area contributed by atoms with Crippen LogP contribution in [-0.2, 0) is 11.2 Å². The molecule has 3 rings (SSSR count). The van der Waals surface area contributed by atoms with Crippen LogP contribution < -0.4 is 10.6 Å². The average Bonchev–Trinajstić information content (AvgIpc) is 3.19. The smallest absolute Gasteiger partial charge is 0.191 e. The summed E-state index contributed by atoms with van der Waals surface area (Å²) in [5, 5.41) is 6.68. The third-order valence-electron chi connectivity index (χ3n) is 4.30. The molecule has 1 atom stereocenters. The summed E-state index contributed by atoms with van der Waals surface area (Å²) in [5.74, 6) is 0.845. The Labute approximate surface area is 143 Å². The molecule has 1 saturated heterocycles. The van der Waals surface area contributed by atoms with Crippen LogP contribution in [-0.4, -0.2) is 47.2 Å². The zero-order valence-electron chi connectivity index (χ0n) is 14.6. The fourth-order valence-corrected chi connectivity index (χ4v) is 2.97. The third kappa shape index (κ3) is 4.26. The monoisotopic (exact) mass is 329 g/mol. The van der Waals surface area contributed by atoms with E-state index in [0.29, 0.717) is 6.54 Å². The van der Waals surface area contributed by atoms with Gasteiger partial charge in [0.05, 0.1) is 17.8 Å². The minimum Gasteiger partial charge on any atom is -0.373 e. The number of rotatable bonds is 6. The molecular formula is C18H27N5O. The second-order valence-corrected chi connectivity index (χ2v) is 6.47. The van der Waals surface area contributed by atoms with Crippen LogP contribution in [0.4, 0.5) is 0 Å². The predicted octanol–water partition coefficient (Wildman–Crippen LogP) is 2.00.